The molecule has 118 valence electrons. The van der Waals surface area contributed by atoms with Gasteiger partial charge in [-0.05, 0) is 56.7 Å². The second kappa shape index (κ2) is 4.58. The molecule has 0 unspecified atom stereocenters. The molecule has 1 aromatic carbocycles. The molecule has 23 heavy (non-hydrogen) atoms. The molecule has 3 fully saturated rings. The molecule has 5 rings (SSSR count). The summed E-state index contributed by atoms with van der Waals surface area (Å²) >= 11 is 0. The Hall–Kier alpha value is -2.35. The SMILES string of the molecule is Cn1c(C23CCC(C(=O)O)(CC2)CC3)nc2cc(C#N)ccc21. The Bertz CT molecular complexity index is 834. The van der Waals surface area contributed by atoms with Crippen LogP contribution < -0.4 is 0 Å². The molecule has 0 radical (unpaired) electrons. The molecule has 1 N–H and O–H groups in total. The van der Waals surface area contributed by atoms with Crippen molar-refractivity contribution in [1.29, 1.82) is 5.26 Å². The third kappa shape index (κ3) is 1.84. The van der Waals surface area contributed by atoms with Gasteiger partial charge in [-0.2, -0.15) is 5.26 Å². The maximum Gasteiger partial charge on any atom is 0.309 e. The van der Waals surface area contributed by atoms with Crippen molar-refractivity contribution in [2.45, 2.75) is 43.9 Å². The van der Waals surface area contributed by atoms with E-state index in [4.69, 9.17) is 10.2 Å². The summed E-state index contributed by atoms with van der Waals surface area (Å²) in [5.74, 6) is 0.427. The molecule has 0 saturated heterocycles. The fraction of sp³-hybridized carbons (Fsp3) is 0.500. The highest BCUT2D eigenvalue weighted by molar-refractivity contribution is 5.78. The number of imidazole rings is 1. The first kappa shape index (κ1) is 14.3. The van der Waals surface area contributed by atoms with E-state index in [0.717, 1.165) is 55.4 Å². The predicted octanol–water partition coefficient (Wildman–Crippen LogP) is 3.12. The number of carbonyl (C=O) groups is 1. The quantitative estimate of drug-likeness (QED) is 0.924. The highest BCUT2D eigenvalue weighted by atomic mass is 16.4. The van der Waals surface area contributed by atoms with Crippen LogP contribution in [-0.2, 0) is 17.3 Å². The molecule has 2 bridgehead atoms. The van der Waals surface area contributed by atoms with Gasteiger partial charge in [-0.15, -0.1) is 0 Å². The second-order valence-corrected chi connectivity index (χ2v) is 7.18. The lowest BCUT2D eigenvalue weighted by Crippen LogP contribution is -2.48. The van der Waals surface area contributed by atoms with Crippen LogP contribution in [0.2, 0.25) is 0 Å². The van der Waals surface area contributed by atoms with Crippen molar-refractivity contribution in [2.75, 3.05) is 0 Å². The Morgan fingerprint density at radius 1 is 1.26 bits per heavy atom. The molecule has 5 nitrogen and oxygen atoms in total. The summed E-state index contributed by atoms with van der Waals surface area (Å²) in [7, 11) is 2.03. The van der Waals surface area contributed by atoms with Gasteiger partial charge >= 0.3 is 5.97 Å². The molecule has 1 aromatic heterocycles. The van der Waals surface area contributed by atoms with Gasteiger partial charge in [0.2, 0.25) is 0 Å². The average Bonchev–Trinajstić information content (AvgIpc) is 2.93. The fourth-order valence-corrected chi connectivity index (χ4v) is 4.59. The van der Waals surface area contributed by atoms with Crippen LogP contribution >= 0.6 is 0 Å². The summed E-state index contributed by atoms with van der Waals surface area (Å²) in [6.45, 7) is 0. The van der Waals surface area contributed by atoms with Crippen LogP contribution in [0.15, 0.2) is 18.2 Å². The summed E-state index contributed by atoms with van der Waals surface area (Å²) in [6, 6.07) is 7.77. The Morgan fingerprint density at radius 2 is 1.91 bits per heavy atom. The van der Waals surface area contributed by atoms with E-state index in [1.54, 1.807) is 0 Å². The van der Waals surface area contributed by atoms with Crippen LogP contribution in [0.1, 0.15) is 49.9 Å². The number of hydrogen-bond acceptors (Lipinski definition) is 3. The van der Waals surface area contributed by atoms with E-state index in [1.807, 2.05) is 25.2 Å². The number of aromatic nitrogens is 2. The smallest absolute Gasteiger partial charge is 0.309 e. The van der Waals surface area contributed by atoms with E-state index < -0.39 is 11.4 Å². The zero-order valence-corrected chi connectivity index (χ0v) is 13.2. The lowest BCUT2D eigenvalue weighted by Gasteiger charge is -2.50. The number of benzene rings is 1. The van der Waals surface area contributed by atoms with Gasteiger partial charge in [-0.1, -0.05) is 0 Å². The van der Waals surface area contributed by atoms with Crippen molar-refractivity contribution in [3.8, 4) is 6.07 Å². The van der Waals surface area contributed by atoms with Gasteiger partial charge in [0.15, 0.2) is 0 Å². The van der Waals surface area contributed by atoms with Crippen molar-refractivity contribution in [3.63, 3.8) is 0 Å². The van der Waals surface area contributed by atoms with Crippen LogP contribution in [0.4, 0.5) is 0 Å². The van der Waals surface area contributed by atoms with Crippen molar-refractivity contribution in [3.05, 3.63) is 29.6 Å². The number of fused-ring (bicyclic) bond motifs is 4. The average molecular weight is 309 g/mol. The van der Waals surface area contributed by atoms with Crippen molar-refractivity contribution < 1.29 is 9.90 Å². The third-order valence-corrected chi connectivity index (χ3v) is 6.18. The molecule has 0 spiro atoms. The van der Waals surface area contributed by atoms with Crippen molar-refractivity contribution in [2.24, 2.45) is 12.5 Å². The normalized spacial score (nSPS) is 29.6. The van der Waals surface area contributed by atoms with Gasteiger partial charge in [0, 0.05) is 12.5 Å². The highest BCUT2D eigenvalue weighted by Crippen LogP contribution is 2.57. The van der Waals surface area contributed by atoms with Gasteiger partial charge in [-0.25, -0.2) is 4.98 Å². The number of rotatable bonds is 2. The maximum absolute atomic E-state index is 11.6. The molecular formula is C18H19N3O2. The Balaban J connectivity index is 1.77. The highest BCUT2D eigenvalue weighted by Gasteiger charge is 2.54. The molecule has 0 amide bonds. The van der Waals surface area contributed by atoms with E-state index in [-0.39, 0.29) is 5.41 Å². The molecule has 2 aromatic rings. The van der Waals surface area contributed by atoms with Gasteiger partial charge in [0.1, 0.15) is 5.82 Å². The van der Waals surface area contributed by atoms with Gasteiger partial charge < -0.3 is 9.67 Å². The maximum atomic E-state index is 11.6. The number of aliphatic carboxylic acids is 1. The van der Waals surface area contributed by atoms with Crippen LogP contribution in [0.25, 0.3) is 11.0 Å². The van der Waals surface area contributed by atoms with Crippen LogP contribution in [0, 0.1) is 16.7 Å². The van der Waals surface area contributed by atoms with E-state index in [1.165, 1.54) is 0 Å². The van der Waals surface area contributed by atoms with Crippen LogP contribution in [0.5, 0.6) is 0 Å². The van der Waals surface area contributed by atoms with Gasteiger partial charge in [-0.3, -0.25) is 4.79 Å². The summed E-state index contributed by atoms with van der Waals surface area (Å²) in [4.78, 5) is 16.4. The van der Waals surface area contributed by atoms with E-state index in [2.05, 4.69) is 10.6 Å². The molecule has 1 heterocycles. The van der Waals surface area contributed by atoms with Crippen LogP contribution in [0.3, 0.4) is 0 Å². The molecular weight excluding hydrogens is 290 g/mol. The lowest BCUT2D eigenvalue weighted by atomic mass is 9.53. The van der Waals surface area contributed by atoms with Crippen molar-refractivity contribution >= 4 is 17.0 Å². The predicted molar refractivity (Wildman–Crippen MR) is 84.9 cm³/mol. The number of nitriles is 1. The topological polar surface area (TPSA) is 78.9 Å². The van der Waals surface area contributed by atoms with Crippen molar-refractivity contribution in [1.82, 2.24) is 9.55 Å². The first-order valence-corrected chi connectivity index (χ1v) is 8.10. The number of carboxylic acids is 1. The Labute approximate surface area is 134 Å². The van der Waals surface area contributed by atoms with E-state index >= 15 is 0 Å². The molecule has 0 aliphatic heterocycles. The molecule has 3 aliphatic rings. The summed E-state index contributed by atoms with van der Waals surface area (Å²) in [5, 5.41) is 18.6. The van der Waals surface area contributed by atoms with Gasteiger partial charge in [0.05, 0.1) is 28.1 Å². The minimum absolute atomic E-state index is 0.00221. The minimum atomic E-state index is -0.630. The summed E-state index contributed by atoms with van der Waals surface area (Å²) in [5.41, 5.74) is 2.01. The second-order valence-electron chi connectivity index (χ2n) is 7.18. The van der Waals surface area contributed by atoms with Gasteiger partial charge in [0.25, 0.3) is 0 Å². The number of aryl methyl sites for hydroxylation is 1. The fourth-order valence-electron chi connectivity index (χ4n) is 4.59. The van der Waals surface area contributed by atoms with E-state index in [0.29, 0.717) is 5.56 Å². The Kier molecular flexibility index (Phi) is 2.84. The van der Waals surface area contributed by atoms with Crippen LogP contribution in [-0.4, -0.2) is 20.6 Å². The lowest BCUT2D eigenvalue weighted by molar-refractivity contribution is -0.156. The molecule has 5 heteroatoms. The Morgan fingerprint density at radius 3 is 2.48 bits per heavy atom. The number of carboxylic acid groups (broad SMARTS) is 1. The zero-order chi connectivity index (χ0) is 16.2. The molecule has 0 atom stereocenters. The first-order chi connectivity index (χ1) is 11.0. The van der Waals surface area contributed by atoms with E-state index in [9.17, 15) is 9.90 Å². The monoisotopic (exact) mass is 309 g/mol. The first-order valence-electron chi connectivity index (χ1n) is 8.10. The minimum Gasteiger partial charge on any atom is -0.481 e. The third-order valence-electron chi connectivity index (χ3n) is 6.18. The summed E-state index contributed by atoms with van der Waals surface area (Å²) < 4.78 is 2.13. The standard InChI is InChI=1S/C18H19N3O2/c1-21-14-3-2-12(11-19)10-13(14)20-15(21)17-4-7-18(8-5-17,9-6-17)16(22)23/h2-3,10H,4-9H2,1H3,(H,22,23). The largest absolute Gasteiger partial charge is 0.481 e. The molecule has 3 saturated carbocycles. The zero-order valence-electron chi connectivity index (χ0n) is 13.2. The number of hydrogen-bond donors (Lipinski definition) is 1. The molecule has 3 aliphatic carbocycles. The number of nitrogens with zero attached hydrogens (tertiary/aromatic N) is 3. The summed E-state index contributed by atoms with van der Waals surface area (Å²) in [6.07, 6.45) is 4.91.